The SMILES string of the molecule is C=C1C=CN(C2OC(COP(=O)(NC(C)C(=O)OC(C)C)Oc3ccccc3)C(O)C2(C)O)C(=O)C1. The number of aliphatic hydroxyl groups excluding tert-OH is 1. The Morgan fingerprint density at radius 2 is 2.00 bits per heavy atom. The minimum Gasteiger partial charge on any atom is -0.462 e. The van der Waals surface area contributed by atoms with Gasteiger partial charge in [0, 0.05) is 6.20 Å². The summed E-state index contributed by atoms with van der Waals surface area (Å²) in [5.41, 5.74) is -1.26. The van der Waals surface area contributed by atoms with E-state index in [0.29, 0.717) is 5.57 Å². The number of hydrogen-bond donors (Lipinski definition) is 3. The van der Waals surface area contributed by atoms with Crippen molar-refractivity contribution in [3.05, 3.63) is 54.8 Å². The van der Waals surface area contributed by atoms with Crippen molar-refractivity contribution in [1.29, 1.82) is 0 Å². The summed E-state index contributed by atoms with van der Waals surface area (Å²) >= 11 is 0. The lowest BCUT2D eigenvalue weighted by atomic mass is 9.95. The van der Waals surface area contributed by atoms with E-state index in [-0.39, 0.29) is 24.2 Å². The molecule has 1 aromatic carbocycles. The van der Waals surface area contributed by atoms with Gasteiger partial charge < -0.3 is 24.2 Å². The van der Waals surface area contributed by atoms with Gasteiger partial charge in [0.1, 0.15) is 29.6 Å². The molecule has 0 aliphatic carbocycles. The fourth-order valence-electron chi connectivity index (χ4n) is 3.71. The molecule has 198 valence electrons. The molecule has 2 aliphatic heterocycles. The number of para-hydroxylation sites is 1. The molecule has 0 bridgehead atoms. The van der Waals surface area contributed by atoms with Crippen molar-refractivity contribution in [2.24, 2.45) is 0 Å². The summed E-state index contributed by atoms with van der Waals surface area (Å²) in [7, 11) is -4.22. The lowest BCUT2D eigenvalue weighted by molar-refractivity contribution is -0.156. The Morgan fingerprint density at radius 3 is 2.61 bits per heavy atom. The van der Waals surface area contributed by atoms with Crippen LogP contribution in [0.1, 0.15) is 34.1 Å². The van der Waals surface area contributed by atoms with Gasteiger partial charge in [0.2, 0.25) is 5.91 Å². The molecule has 2 heterocycles. The number of nitrogens with one attached hydrogen (secondary N) is 1. The number of amides is 1. The van der Waals surface area contributed by atoms with E-state index in [1.807, 2.05) is 0 Å². The molecule has 2 aliphatic rings. The Balaban J connectivity index is 1.76. The second kappa shape index (κ2) is 11.2. The highest BCUT2D eigenvalue weighted by molar-refractivity contribution is 7.52. The normalized spacial score (nSPS) is 28.8. The fourth-order valence-corrected chi connectivity index (χ4v) is 5.21. The van der Waals surface area contributed by atoms with Crippen LogP contribution in [0.3, 0.4) is 0 Å². The minimum atomic E-state index is -4.22. The molecule has 1 saturated heterocycles. The zero-order valence-corrected chi connectivity index (χ0v) is 21.6. The van der Waals surface area contributed by atoms with Crippen molar-refractivity contribution in [1.82, 2.24) is 9.99 Å². The number of benzene rings is 1. The monoisotopic (exact) mass is 524 g/mol. The smallest absolute Gasteiger partial charge is 0.459 e. The van der Waals surface area contributed by atoms with Gasteiger partial charge in [0.25, 0.3) is 0 Å². The van der Waals surface area contributed by atoms with Gasteiger partial charge in [-0.15, -0.1) is 0 Å². The lowest BCUT2D eigenvalue weighted by Crippen LogP contribution is -2.53. The van der Waals surface area contributed by atoms with E-state index in [9.17, 15) is 24.4 Å². The van der Waals surface area contributed by atoms with Crippen LogP contribution in [-0.2, 0) is 28.2 Å². The summed E-state index contributed by atoms with van der Waals surface area (Å²) in [5.74, 6) is -0.818. The topological polar surface area (TPSA) is 144 Å². The van der Waals surface area contributed by atoms with E-state index in [2.05, 4.69) is 11.7 Å². The van der Waals surface area contributed by atoms with Gasteiger partial charge in [-0.25, -0.2) is 4.57 Å². The first-order chi connectivity index (χ1) is 16.8. The third-order valence-corrected chi connectivity index (χ3v) is 7.22. The molecule has 0 saturated carbocycles. The predicted molar refractivity (Wildman–Crippen MR) is 129 cm³/mol. The molecule has 3 N–H and O–H groups in total. The quantitative estimate of drug-likeness (QED) is 0.308. The van der Waals surface area contributed by atoms with Gasteiger partial charge in [-0.05, 0) is 51.5 Å². The molecule has 0 aromatic heterocycles. The van der Waals surface area contributed by atoms with Crippen molar-refractivity contribution >= 4 is 19.6 Å². The van der Waals surface area contributed by atoms with Gasteiger partial charge in [-0.3, -0.25) is 19.0 Å². The van der Waals surface area contributed by atoms with Gasteiger partial charge in [0.05, 0.1) is 19.1 Å². The largest absolute Gasteiger partial charge is 0.462 e. The van der Waals surface area contributed by atoms with Crippen LogP contribution in [0, 0.1) is 0 Å². The Morgan fingerprint density at radius 1 is 1.33 bits per heavy atom. The highest BCUT2D eigenvalue weighted by atomic mass is 31.2. The summed E-state index contributed by atoms with van der Waals surface area (Å²) in [6.07, 6.45) is -1.21. The second-order valence-corrected chi connectivity index (χ2v) is 10.9. The fraction of sp³-hybridized carbons (Fsp3) is 0.500. The van der Waals surface area contributed by atoms with Crippen LogP contribution in [0.4, 0.5) is 0 Å². The number of ether oxygens (including phenoxy) is 2. The number of carbonyl (C=O) groups excluding carboxylic acids is 2. The van der Waals surface area contributed by atoms with Gasteiger partial charge in [-0.1, -0.05) is 24.8 Å². The van der Waals surface area contributed by atoms with Gasteiger partial charge in [0.15, 0.2) is 6.23 Å². The summed E-state index contributed by atoms with van der Waals surface area (Å²) in [6, 6.07) is 7.12. The molecule has 1 fully saturated rings. The second-order valence-electron chi connectivity index (χ2n) is 9.18. The Bertz CT molecular complexity index is 1040. The summed E-state index contributed by atoms with van der Waals surface area (Å²) < 4.78 is 35.7. The Kier molecular flexibility index (Phi) is 8.76. The molecule has 0 spiro atoms. The van der Waals surface area contributed by atoms with Crippen LogP contribution in [-0.4, -0.2) is 69.8 Å². The zero-order valence-electron chi connectivity index (χ0n) is 20.7. The first-order valence-corrected chi connectivity index (χ1v) is 13.1. The lowest BCUT2D eigenvalue weighted by Gasteiger charge is -2.35. The van der Waals surface area contributed by atoms with E-state index >= 15 is 0 Å². The number of esters is 1. The average Bonchev–Trinajstić information content (AvgIpc) is 3.01. The van der Waals surface area contributed by atoms with Gasteiger partial charge in [-0.2, -0.15) is 5.09 Å². The van der Waals surface area contributed by atoms with E-state index < -0.39 is 50.4 Å². The predicted octanol–water partition coefficient (Wildman–Crippen LogP) is 2.26. The number of rotatable bonds is 10. The highest BCUT2D eigenvalue weighted by Crippen LogP contribution is 2.46. The maximum atomic E-state index is 13.6. The number of hydrogen-bond acceptors (Lipinski definition) is 9. The van der Waals surface area contributed by atoms with Crippen LogP contribution in [0.2, 0.25) is 0 Å². The molecular formula is C24H33N2O9P. The summed E-state index contributed by atoms with van der Waals surface area (Å²) in [6.45, 7) is 9.39. The Labute approximate surface area is 210 Å². The first-order valence-electron chi connectivity index (χ1n) is 11.5. The minimum absolute atomic E-state index is 0.0398. The highest BCUT2D eigenvalue weighted by Gasteiger charge is 2.56. The molecule has 6 unspecified atom stereocenters. The molecule has 1 aromatic rings. The van der Waals surface area contributed by atoms with Crippen LogP contribution in [0.5, 0.6) is 5.75 Å². The van der Waals surface area contributed by atoms with Crippen LogP contribution >= 0.6 is 7.75 Å². The average molecular weight is 525 g/mol. The first kappa shape index (κ1) is 28.0. The summed E-state index contributed by atoms with van der Waals surface area (Å²) in [5, 5.41) is 24.2. The third-order valence-electron chi connectivity index (χ3n) is 5.58. The number of carbonyl (C=O) groups is 2. The van der Waals surface area contributed by atoms with Crippen LogP contribution in [0.25, 0.3) is 0 Å². The molecule has 36 heavy (non-hydrogen) atoms. The number of aliphatic hydroxyl groups is 2. The van der Waals surface area contributed by atoms with E-state index in [1.54, 1.807) is 50.3 Å². The molecule has 12 heteroatoms. The zero-order chi connectivity index (χ0) is 26.7. The van der Waals surface area contributed by atoms with Crippen molar-refractivity contribution in [2.45, 2.75) is 70.3 Å². The Hall–Kier alpha value is -2.53. The third kappa shape index (κ3) is 6.61. The number of allylic oxidation sites excluding steroid dienone is 1. The van der Waals surface area contributed by atoms with Crippen molar-refractivity contribution in [2.75, 3.05) is 6.61 Å². The van der Waals surface area contributed by atoms with E-state index in [1.165, 1.54) is 24.9 Å². The maximum absolute atomic E-state index is 13.6. The molecule has 11 nitrogen and oxygen atoms in total. The molecule has 0 radical (unpaired) electrons. The van der Waals surface area contributed by atoms with Crippen molar-refractivity contribution < 1.29 is 42.9 Å². The van der Waals surface area contributed by atoms with E-state index in [4.69, 9.17) is 18.5 Å². The number of nitrogens with zero attached hydrogens (tertiary/aromatic N) is 1. The van der Waals surface area contributed by atoms with Crippen LogP contribution in [0.15, 0.2) is 54.8 Å². The van der Waals surface area contributed by atoms with E-state index in [0.717, 1.165) is 0 Å². The molecule has 3 rings (SSSR count). The molecule has 1 amide bonds. The molecular weight excluding hydrogens is 491 g/mol. The molecule has 6 atom stereocenters. The van der Waals surface area contributed by atoms with Crippen molar-refractivity contribution in [3.63, 3.8) is 0 Å². The standard InChI is InChI=1S/C24H33N2O9P/c1-15(2)33-22(29)17(4)25-36(31,35-18-9-7-6-8-10-18)32-14-19-21(28)24(5,30)23(34-19)26-12-11-16(3)13-20(26)27/h6-12,15,17,19,21,23,28,30H,3,13-14H2,1-2,4-5H3,(H,25,31). The van der Waals surface area contributed by atoms with Gasteiger partial charge >= 0.3 is 13.7 Å². The summed E-state index contributed by atoms with van der Waals surface area (Å²) in [4.78, 5) is 25.9. The van der Waals surface area contributed by atoms with Crippen LogP contribution < -0.4 is 9.61 Å². The maximum Gasteiger partial charge on any atom is 0.459 e. The van der Waals surface area contributed by atoms with Crippen molar-refractivity contribution in [3.8, 4) is 5.75 Å².